The Balaban J connectivity index is 2.88. The average Bonchev–Trinajstić information content (AvgIpc) is 2.43. The van der Waals surface area contributed by atoms with Crippen molar-refractivity contribution in [3.63, 3.8) is 0 Å². The first-order chi connectivity index (χ1) is 9.05. The van der Waals surface area contributed by atoms with Crippen LogP contribution in [-0.4, -0.2) is 40.9 Å². The van der Waals surface area contributed by atoms with Gasteiger partial charge in [0.05, 0.1) is 10.6 Å². The van der Waals surface area contributed by atoms with Crippen molar-refractivity contribution in [1.82, 2.24) is 5.32 Å². The average molecular weight is 284 g/mol. The Morgan fingerprint density at radius 2 is 1.74 bits per heavy atom. The van der Waals surface area contributed by atoms with E-state index in [0.717, 1.165) is 31.7 Å². The lowest BCUT2D eigenvalue weighted by Crippen LogP contribution is -2.31. The molecule has 0 spiro atoms. The minimum absolute atomic E-state index is 0.144. The van der Waals surface area contributed by atoms with Gasteiger partial charge in [-0.3, -0.25) is 0 Å². The topological polar surface area (TPSA) is 49.4 Å². The van der Waals surface area contributed by atoms with Gasteiger partial charge in [0.25, 0.3) is 0 Å². The molecule has 0 amide bonds. The van der Waals surface area contributed by atoms with Crippen molar-refractivity contribution in [3.8, 4) is 0 Å². The van der Waals surface area contributed by atoms with Gasteiger partial charge in [-0.1, -0.05) is 13.8 Å². The zero-order chi connectivity index (χ0) is 14.3. The van der Waals surface area contributed by atoms with E-state index < -0.39 is 9.84 Å². The second-order valence-electron chi connectivity index (χ2n) is 4.49. The van der Waals surface area contributed by atoms with E-state index in [9.17, 15) is 8.42 Å². The van der Waals surface area contributed by atoms with E-state index in [1.54, 1.807) is 19.1 Å². The van der Waals surface area contributed by atoms with Gasteiger partial charge in [0.1, 0.15) is 0 Å². The van der Waals surface area contributed by atoms with Crippen LogP contribution in [0.25, 0.3) is 0 Å². The van der Waals surface area contributed by atoms with Gasteiger partial charge in [-0.2, -0.15) is 0 Å². The summed E-state index contributed by atoms with van der Waals surface area (Å²) in [5.74, 6) is 0.144. The first kappa shape index (κ1) is 16.0. The van der Waals surface area contributed by atoms with Gasteiger partial charge in [0.15, 0.2) is 9.84 Å². The molecule has 0 unspecified atom stereocenters. The van der Waals surface area contributed by atoms with E-state index in [4.69, 9.17) is 0 Å². The van der Waals surface area contributed by atoms with E-state index in [1.807, 2.05) is 19.2 Å². The second kappa shape index (κ2) is 7.50. The molecular formula is C14H24N2O2S. The van der Waals surface area contributed by atoms with Crippen LogP contribution in [0.1, 0.15) is 20.3 Å². The molecule has 5 heteroatoms. The SMILES string of the molecule is CCCN(CCNC)c1ccc(S(=O)(=O)CC)cc1. The van der Waals surface area contributed by atoms with E-state index in [2.05, 4.69) is 17.1 Å². The van der Waals surface area contributed by atoms with Crippen LogP contribution in [0.3, 0.4) is 0 Å². The monoisotopic (exact) mass is 284 g/mol. The molecule has 1 rings (SSSR count). The zero-order valence-electron chi connectivity index (χ0n) is 12.0. The fourth-order valence-corrected chi connectivity index (χ4v) is 2.80. The molecule has 0 saturated carbocycles. The maximum atomic E-state index is 11.8. The predicted molar refractivity (Wildman–Crippen MR) is 80.6 cm³/mol. The number of nitrogens with one attached hydrogen (secondary N) is 1. The molecule has 0 heterocycles. The normalized spacial score (nSPS) is 11.5. The van der Waals surface area contributed by atoms with Crippen LogP contribution < -0.4 is 10.2 Å². The molecule has 0 bridgehead atoms. The number of hydrogen-bond donors (Lipinski definition) is 1. The Morgan fingerprint density at radius 1 is 1.11 bits per heavy atom. The molecule has 1 aromatic carbocycles. The van der Waals surface area contributed by atoms with Gasteiger partial charge in [-0.15, -0.1) is 0 Å². The number of rotatable bonds is 8. The molecule has 19 heavy (non-hydrogen) atoms. The maximum Gasteiger partial charge on any atom is 0.178 e. The summed E-state index contributed by atoms with van der Waals surface area (Å²) in [6, 6.07) is 7.20. The summed E-state index contributed by atoms with van der Waals surface area (Å²) in [4.78, 5) is 2.67. The van der Waals surface area contributed by atoms with Crippen LogP contribution in [0.15, 0.2) is 29.2 Å². The lowest BCUT2D eigenvalue weighted by molar-refractivity contribution is 0.597. The van der Waals surface area contributed by atoms with E-state index >= 15 is 0 Å². The van der Waals surface area contributed by atoms with E-state index in [1.165, 1.54) is 0 Å². The highest BCUT2D eigenvalue weighted by Gasteiger charge is 2.12. The van der Waals surface area contributed by atoms with Gasteiger partial charge < -0.3 is 10.2 Å². The molecule has 0 fully saturated rings. The first-order valence-corrected chi connectivity index (χ1v) is 8.42. The summed E-state index contributed by atoms with van der Waals surface area (Å²) in [5.41, 5.74) is 1.08. The number of nitrogens with zero attached hydrogens (tertiary/aromatic N) is 1. The van der Waals surface area contributed by atoms with E-state index in [-0.39, 0.29) is 5.75 Å². The number of hydrogen-bond acceptors (Lipinski definition) is 4. The number of anilines is 1. The number of benzene rings is 1. The van der Waals surface area contributed by atoms with Crippen molar-refractivity contribution in [2.75, 3.05) is 37.3 Å². The van der Waals surface area contributed by atoms with Crippen LogP contribution in [0, 0.1) is 0 Å². The highest BCUT2D eigenvalue weighted by molar-refractivity contribution is 7.91. The minimum atomic E-state index is -3.10. The molecule has 4 nitrogen and oxygen atoms in total. The molecule has 0 aliphatic carbocycles. The summed E-state index contributed by atoms with van der Waals surface area (Å²) >= 11 is 0. The minimum Gasteiger partial charge on any atom is -0.370 e. The molecule has 0 aliphatic rings. The molecule has 1 aromatic rings. The third-order valence-electron chi connectivity index (χ3n) is 3.07. The Hall–Kier alpha value is -1.07. The molecule has 0 aliphatic heterocycles. The van der Waals surface area contributed by atoms with Crippen LogP contribution in [-0.2, 0) is 9.84 Å². The molecule has 108 valence electrons. The summed E-state index contributed by atoms with van der Waals surface area (Å²) < 4.78 is 23.5. The van der Waals surface area contributed by atoms with Crippen molar-refractivity contribution >= 4 is 15.5 Å². The lowest BCUT2D eigenvalue weighted by Gasteiger charge is -2.24. The highest BCUT2D eigenvalue weighted by atomic mass is 32.2. The third-order valence-corrected chi connectivity index (χ3v) is 4.82. The van der Waals surface area contributed by atoms with Gasteiger partial charge in [-0.25, -0.2) is 8.42 Å². The van der Waals surface area contributed by atoms with Gasteiger partial charge >= 0.3 is 0 Å². The van der Waals surface area contributed by atoms with Crippen molar-refractivity contribution in [2.24, 2.45) is 0 Å². The largest absolute Gasteiger partial charge is 0.370 e. The maximum absolute atomic E-state index is 11.8. The lowest BCUT2D eigenvalue weighted by atomic mass is 10.2. The summed E-state index contributed by atoms with van der Waals surface area (Å²) in [6.07, 6.45) is 1.07. The summed E-state index contributed by atoms with van der Waals surface area (Å²) in [5, 5.41) is 3.13. The predicted octanol–water partition coefficient (Wildman–Crippen LogP) is 1.92. The van der Waals surface area contributed by atoms with Crippen molar-refractivity contribution in [2.45, 2.75) is 25.2 Å². The Labute approximate surface area is 116 Å². The molecule has 0 aromatic heterocycles. The molecule has 0 radical (unpaired) electrons. The number of likely N-dealkylation sites (N-methyl/N-ethyl adjacent to an activating group) is 1. The molecule has 1 N–H and O–H groups in total. The number of sulfone groups is 1. The zero-order valence-corrected chi connectivity index (χ0v) is 12.8. The van der Waals surface area contributed by atoms with Crippen molar-refractivity contribution in [3.05, 3.63) is 24.3 Å². The summed E-state index contributed by atoms with van der Waals surface area (Å²) in [7, 11) is -1.17. The van der Waals surface area contributed by atoms with Gasteiger partial charge in [0.2, 0.25) is 0 Å². The van der Waals surface area contributed by atoms with Crippen LogP contribution in [0.4, 0.5) is 5.69 Å². The Morgan fingerprint density at radius 3 is 2.21 bits per heavy atom. The highest BCUT2D eigenvalue weighted by Crippen LogP contribution is 2.19. The van der Waals surface area contributed by atoms with Crippen LogP contribution >= 0.6 is 0 Å². The Kier molecular flexibility index (Phi) is 6.31. The van der Waals surface area contributed by atoms with Gasteiger partial charge in [0, 0.05) is 25.3 Å². The van der Waals surface area contributed by atoms with Crippen molar-refractivity contribution in [1.29, 1.82) is 0 Å². The molecule has 0 atom stereocenters. The van der Waals surface area contributed by atoms with Crippen LogP contribution in [0.2, 0.25) is 0 Å². The Bertz CT molecular complexity index is 469. The molecule has 0 saturated heterocycles. The van der Waals surface area contributed by atoms with Crippen LogP contribution in [0.5, 0.6) is 0 Å². The van der Waals surface area contributed by atoms with Crippen molar-refractivity contribution < 1.29 is 8.42 Å². The standard InChI is InChI=1S/C14H24N2O2S/c1-4-11-16(12-10-15-3)13-6-8-14(9-7-13)19(17,18)5-2/h6-9,15H,4-5,10-12H2,1-3H3. The third kappa shape index (κ3) is 4.51. The summed E-state index contributed by atoms with van der Waals surface area (Å²) in [6.45, 7) is 6.61. The fourth-order valence-electron chi connectivity index (χ4n) is 1.92. The fraction of sp³-hybridized carbons (Fsp3) is 0.571. The molecular weight excluding hydrogens is 260 g/mol. The quantitative estimate of drug-likeness (QED) is 0.792. The first-order valence-electron chi connectivity index (χ1n) is 6.77. The van der Waals surface area contributed by atoms with Gasteiger partial charge in [-0.05, 0) is 37.7 Å². The van der Waals surface area contributed by atoms with E-state index in [0.29, 0.717) is 4.90 Å². The smallest absolute Gasteiger partial charge is 0.178 e. The second-order valence-corrected chi connectivity index (χ2v) is 6.77.